The first-order valence-corrected chi connectivity index (χ1v) is 5.70. The fraction of sp³-hybridized carbons (Fsp3) is 0.636. The zero-order valence-electron chi connectivity index (χ0n) is 9.80. The van der Waals surface area contributed by atoms with Gasteiger partial charge in [0, 0.05) is 32.1 Å². The fourth-order valence-electron chi connectivity index (χ4n) is 1.65. The molecule has 0 amide bonds. The van der Waals surface area contributed by atoms with Crippen LogP contribution in [0.1, 0.15) is 18.9 Å². The van der Waals surface area contributed by atoms with Crippen molar-refractivity contribution in [3.8, 4) is 0 Å². The van der Waals surface area contributed by atoms with Gasteiger partial charge in [0.2, 0.25) is 0 Å². The summed E-state index contributed by atoms with van der Waals surface area (Å²) < 4.78 is 6.49. The Kier molecular flexibility index (Phi) is 3.75. The minimum atomic E-state index is -0.643. The standard InChI is InChI=1S/C11H17N3O3/c1-17-7-9(15)6-13-10-11(16)14(5-4-12-10)8-2-3-8/h4-5,8-9,15H,2-3,6-7H2,1H3,(H,12,13). The predicted octanol–water partition coefficient (Wildman–Crippen LogP) is -0.00260. The number of nitrogens with one attached hydrogen (secondary N) is 1. The lowest BCUT2D eigenvalue weighted by Gasteiger charge is -2.11. The molecule has 1 atom stereocenters. The Morgan fingerprint density at radius 1 is 1.71 bits per heavy atom. The smallest absolute Gasteiger partial charge is 0.293 e. The molecule has 0 aliphatic heterocycles. The number of ether oxygens (including phenoxy) is 1. The maximum absolute atomic E-state index is 11.9. The van der Waals surface area contributed by atoms with Gasteiger partial charge in [-0.1, -0.05) is 0 Å². The second-order valence-electron chi connectivity index (χ2n) is 4.21. The third-order valence-corrected chi connectivity index (χ3v) is 2.67. The van der Waals surface area contributed by atoms with E-state index in [4.69, 9.17) is 4.74 Å². The van der Waals surface area contributed by atoms with E-state index >= 15 is 0 Å². The third kappa shape index (κ3) is 3.04. The molecular formula is C11H17N3O3. The first-order valence-electron chi connectivity index (χ1n) is 5.70. The number of rotatable bonds is 6. The van der Waals surface area contributed by atoms with Gasteiger partial charge in [-0.05, 0) is 12.8 Å². The van der Waals surface area contributed by atoms with E-state index in [1.807, 2.05) is 0 Å². The minimum absolute atomic E-state index is 0.125. The number of anilines is 1. The number of aromatic nitrogens is 2. The molecule has 2 rings (SSSR count). The zero-order chi connectivity index (χ0) is 12.3. The molecule has 2 N–H and O–H groups in total. The van der Waals surface area contributed by atoms with Crippen molar-refractivity contribution in [2.75, 3.05) is 25.6 Å². The highest BCUT2D eigenvalue weighted by Crippen LogP contribution is 2.33. The maximum Gasteiger partial charge on any atom is 0.293 e. The molecule has 0 radical (unpaired) electrons. The Morgan fingerprint density at radius 2 is 2.47 bits per heavy atom. The van der Waals surface area contributed by atoms with Crippen LogP contribution in [0.3, 0.4) is 0 Å². The molecule has 17 heavy (non-hydrogen) atoms. The van der Waals surface area contributed by atoms with Gasteiger partial charge in [0.1, 0.15) is 0 Å². The van der Waals surface area contributed by atoms with Crippen LogP contribution in [-0.2, 0) is 4.74 Å². The molecule has 1 fully saturated rings. The van der Waals surface area contributed by atoms with Gasteiger partial charge >= 0.3 is 0 Å². The normalized spacial score (nSPS) is 16.8. The molecule has 0 saturated heterocycles. The van der Waals surface area contributed by atoms with Gasteiger partial charge in [-0.25, -0.2) is 4.98 Å². The molecule has 1 aromatic heterocycles. The van der Waals surface area contributed by atoms with Crippen LogP contribution in [-0.4, -0.2) is 41.0 Å². The van der Waals surface area contributed by atoms with Gasteiger partial charge in [0.15, 0.2) is 5.82 Å². The molecule has 1 unspecified atom stereocenters. The van der Waals surface area contributed by atoms with Crippen LogP contribution in [0, 0.1) is 0 Å². The van der Waals surface area contributed by atoms with Crippen molar-refractivity contribution in [3.05, 3.63) is 22.7 Å². The summed E-state index contributed by atoms with van der Waals surface area (Å²) in [5, 5.41) is 12.3. The molecule has 1 saturated carbocycles. The van der Waals surface area contributed by atoms with Crippen molar-refractivity contribution in [2.24, 2.45) is 0 Å². The number of hydrogen-bond acceptors (Lipinski definition) is 5. The Morgan fingerprint density at radius 3 is 3.12 bits per heavy atom. The van der Waals surface area contributed by atoms with Gasteiger partial charge < -0.3 is 19.7 Å². The number of methoxy groups -OCH3 is 1. The number of nitrogens with zero attached hydrogens (tertiary/aromatic N) is 2. The summed E-state index contributed by atoms with van der Waals surface area (Å²) in [5.41, 5.74) is -0.125. The van der Waals surface area contributed by atoms with Crippen LogP contribution in [0.15, 0.2) is 17.2 Å². The average Bonchev–Trinajstić information content (AvgIpc) is 3.12. The van der Waals surface area contributed by atoms with Crippen molar-refractivity contribution in [1.29, 1.82) is 0 Å². The van der Waals surface area contributed by atoms with Crippen molar-refractivity contribution in [2.45, 2.75) is 25.0 Å². The molecule has 1 aliphatic rings. The van der Waals surface area contributed by atoms with Crippen molar-refractivity contribution < 1.29 is 9.84 Å². The van der Waals surface area contributed by atoms with E-state index in [2.05, 4.69) is 10.3 Å². The van der Waals surface area contributed by atoms with Gasteiger partial charge in [-0.15, -0.1) is 0 Å². The van der Waals surface area contributed by atoms with Crippen LogP contribution in [0.25, 0.3) is 0 Å². The highest BCUT2D eigenvalue weighted by atomic mass is 16.5. The minimum Gasteiger partial charge on any atom is -0.389 e. The molecule has 6 nitrogen and oxygen atoms in total. The summed E-state index contributed by atoms with van der Waals surface area (Å²) in [6.45, 7) is 0.488. The van der Waals surface area contributed by atoms with E-state index in [1.54, 1.807) is 17.0 Å². The first kappa shape index (κ1) is 12.1. The number of hydrogen-bond donors (Lipinski definition) is 2. The second-order valence-corrected chi connectivity index (χ2v) is 4.21. The zero-order valence-corrected chi connectivity index (χ0v) is 9.80. The Balaban J connectivity index is 2.01. The lowest BCUT2D eigenvalue weighted by atomic mass is 10.4. The monoisotopic (exact) mass is 239 g/mol. The predicted molar refractivity (Wildman–Crippen MR) is 63.1 cm³/mol. The summed E-state index contributed by atoms with van der Waals surface area (Å²) >= 11 is 0. The van der Waals surface area contributed by atoms with Crippen molar-refractivity contribution >= 4 is 5.82 Å². The Labute approximate surface area is 99.2 Å². The lowest BCUT2D eigenvalue weighted by molar-refractivity contribution is 0.0727. The summed E-state index contributed by atoms with van der Waals surface area (Å²) in [4.78, 5) is 15.9. The Bertz CT molecular complexity index is 428. The largest absolute Gasteiger partial charge is 0.389 e. The SMILES string of the molecule is COCC(O)CNc1nccn(C2CC2)c1=O. The van der Waals surface area contributed by atoms with Gasteiger partial charge in [0.05, 0.1) is 12.7 Å². The quantitative estimate of drug-likeness (QED) is 0.730. The summed E-state index contributed by atoms with van der Waals surface area (Å²) in [6.07, 6.45) is 4.77. The summed E-state index contributed by atoms with van der Waals surface area (Å²) in [7, 11) is 1.52. The molecule has 0 aromatic carbocycles. The second kappa shape index (κ2) is 5.29. The van der Waals surface area contributed by atoms with Crippen LogP contribution in [0.5, 0.6) is 0 Å². The van der Waals surface area contributed by atoms with E-state index < -0.39 is 6.10 Å². The van der Waals surface area contributed by atoms with E-state index in [-0.39, 0.29) is 24.5 Å². The van der Waals surface area contributed by atoms with E-state index in [9.17, 15) is 9.90 Å². The molecule has 1 aromatic rings. The van der Waals surface area contributed by atoms with Crippen molar-refractivity contribution in [3.63, 3.8) is 0 Å². The van der Waals surface area contributed by atoms with E-state index in [0.717, 1.165) is 12.8 Å². The molecule has 1 heterocycles. The summed E-state index contributed by atoms with van der Waals surface area (Å²) in [5.74, 6) is 0.287. The molecular weight excluding hydrogens is 222 g/mol. The van der Waals surface area contributed by atoms with E-state index in [0.29, 0.717) is 6.04 Å². The molecule has 0 bridgehead atoms. The van der Waals surface area contributed by atoms with Gasteiger partial charge in [0.25, 0.3) is 5.56 Å². The lowest BCUT2D eigenvalue weighted by Crippen LogP contribution is -2.29. The number of aliphatic hydroxyl groups is 1. The molecule has 6 heteroatoms. The van der Waals surface area contributed by atoms with E-state index in [1.165, 1.54) is 7.11 Å². The number of aliphatic hydroxyl groups excluding tert-OH is 1. The topological polar surface area (TPSA) is 76.4 Å². The van der Waals surface area contributed by atoms with Crippen LogP contribution < -0.4 is 10.9 Å². The summed E-state index contributed by atoms with van der Waals surface area (Å²) in [6, 6.07) is 0.329. The van der Waals surface area contributed by atoms with Gasteiger partial charge in [-0.3, -0.25) is 4.79 Å². The van der Waals surface area contributed by atoms with Crippen molar-refractivity contribution in [1.82, 2.24) is 9.55 Å². The molecule has 94 valence electrons. The van der Waals surface area contributed by atoms with Crippen LogP contribution >= 0.6 is 0 Å². The third-order valence-electron chi connectivity index (χ3n) is 2.67. The maximum atomic E-state index is 11.9. The van der Waals surface area contributed by atoms with Crippen LogP contribution in [0.4, 0.5) is 5.82 Å². The van der Waals surface area contributed by atoms with Crippen LogP contribution in [0.2, 0.25) is 0 Å². The highest BCUT2D eigenvalue weighted by Gasteiger charge is 2.25. The fourth-order valence-corrected chi connectivity index (χ4v) is 1.65. The molecule has 0 spiro atoms. The highest BCUT2D eigenvalue weighted by molar-refractivity contribution is 5.31. The molecule has 1 aliphatic carbocycles. The average molecular weight is 239 g/mol. The van der Waals surface area contributed by atoms with Gasteiger partial charge in [-0.2, -0.15) is 0 Å². The Hall–Kier alpha value is -1.40. The first-order chi connectivity index (χ1) is 8.22.